The first-order valence-electron chi connectivity index (χ1n) is 5.59. The summed E-state index contributed by atoms with van der Waals surface area (Å²) in [6.07, 6.45) is 0.828. The third-order valence-electron chi connectivity index (χ3n) is 2.64. The number of hydrogen-bond donors (Lipinski definition) is 1. The minimum Gasteiger partial charge on any atom is -0.349 e. The first-order valence-corrected chi connectivity index (χ1v) is 8.78. The van der Waals surface area contributed by atoms with E-state index in [4.69, 9.17) is 10.7 Å². The Morgan fingerprint density at radius 3 is 2.50 bits per heavy atom. The van der Waals surface area contributed by atoms with Crippen molar-refractivity contribution in [3.8, 4) is 0 Å². The zero-order chi connectivity index (χ0) is 13.9. The van der Waals surface area contributed by atoms with Crippen molar-refractivity contribution in [3.63, 3.8) is 0 Å². The maximum absolute atomic E-state index is 11.9. The van der Waals surface area contributed by atoms with Crippen molar-refractivity contribution in [1.82, 2.24) is 5.32 Å². The first-order chi connectivity index (χ1) is 8.25. The molecule has 0 saturated heterocycles. The van der Waals surface area contributed by atoms with E-state index in [1.807, 2.05) is 20.8 Å². The van der Waals surface area contributed by atoms with Crippen LogP contribution in [0.4, 0.5) is 0 Å². The summed E-state index contributed by atoms with van der Waals surface area (Å²) in [5, 5.41) is 4.37. The fourth-order valence-corrected chi connectivity index (χ4v) is 3.50. The Bertz CT molecular complexity index is 522. The summed E-state index contributed by atoms with van der Waals surface area (Å²) >= 11 is 0.947. The first kappa shape index (κ1) is 15.5. The highest BCUT2D eigenvalue weighted by Crippen LogP contribution is 2.23. The molecule has 18 heavy (non-hydrogen) atoms. The van der Waals surface area contributed by atoms with Crippen LogP contribution in [0.3, 0.4) is 0 Å². The summed E-state index contributed by atoms with van der Waals surface area (Å²) in [6, 6.07) is 1.38. The van der Waals surface area contributed by atoms with E-state index in [1.165, 1.54) is 11.4 Å². The molecule has 0 bridgehead atoms. The van der Waals surface area contributed by atoms with Gasteiger partial charge in [0.1, 0.15) is 4.21 Å². The van der Waals surface area contributed by atoms with Crippen molar-refractivity contribution < 1.29 is 13.2 Å². The summed E-state index contributed by atoms with van der Waals surface area (Å²) in [6.45, 7) is 6.04. The highest BCUT2D eigenvalue weighted by Gasteiger charge is 2.19. The smallest absolute Gasteiger partial charge is 0.270 e. The molecule has 1 aromatic rings. The van der Waals surface area contributed by atoms with E-state index < -0.39 is 9.05 Å². The van der Waals surface area contributed by atoms with E-state index >= 15 is 0 Å². The van der Waals surface area contributed by atoms with Crippen LogP contribution in [0, 0.1) is 5.92 Å². The third-order valence-corrected chi connectivity index (χ3v) is 5.68. The lowest BCUT2D eigenvalue weighted by Gasteiger charge is -2.20. The number of halogens is 1. The molecule has 1 amide bonds. The van der Waals surface area contributed by atoms with Crippen molar-refractivity contribution in [3.05, 3.63) is 17.0 Å². The molecule has 1 N–H and O–H groups in total. The molecule has 0 aliphatic heterocycles. The van der Waals surface area contributed by atoms with E-state index in [9.17, 15) is 13.2 Å². The van der Waals surface area contributed by atoms with E-state index in [0.29, 0.717) is 11.5 Å². The fraction of sp³-hybridized carbons (Fsp3) is 0.545. The minimum absolute atomic E-state index is 0.00749. The van der Waals surface area contributed by atoms with Gasteiger partial charge in [-0.15, -0.1) is 11.3 Å². The number of rotatable bonds is 5. The van der Waals surface area contributed by atoms with E-state index in [2.05, 4.69) is 5.32 Å². The van der Waals surface area contributed by atoms with Crippen LogP contribution in [0.25, 0.3) is 0 Å². The SMILES string of the molecule is CCC(NC(=O)c1csc(S(=O)(=O)Cl)c1)C(C)C. The van der Waals surface area contributed by atoms with Crippen LogP contribution in [0.5, 0.6) is 0 Å². The van der Waals surface area contributed by atoms with Gasteiger partial charge in [0.25, 0.3) is 15.0 Å². The van der Waals surface area contributed by atoms with Gasteiger partial charge in [-0.05, 0) is 18.4 Å². The van der Waals surface area contributed by atoms with Crippen molar-refractivity contribution in [2.45, 2.75) is 37.4 Å². The normalized spacial score (nSPS) is 13.6. The van der Waals surface area contributed by atoms with Crippen LogP contribution in [0.15, 0.2) is 15.7 Å². The maximum atomic E-state index is 11.9. The van der Waals surface area contributed by atoms with Gasteiger partial charge in [0.05, 0.1) is 5.56 Å². The number of amides is 1. The van der Waals surface area contributed by atoms with Crippen molar-refractivity contribution in [1.29, 1.82) is 0 Å². The van der Waals surface area contributed by atoms with Gasteiger partial charge in [-0.2, -0.15) is 0 Å². The Morgan fingerprint density at radius 2 is 2.11 bits per heavy atom. The Balaban J connectivity index is 2.83. The van der Waals surface area contributed by atoms with Crippen LogP contribution >= 0.6 is 22.0 Å². The topological polar surface area (TPSA) is 63.2 Å². The second-order valence-corrected chi connectivity index (χ2v) is 8.03. The summed E-state index contributed by atoms with van der Waals surface area (Å²) in [5.41, 5.74) is 0.332. The molecular formula is C11H16ClNO3S2. The summed E-state index contributed by atoms with van der Waals surface area (Å²) in [5.74, 6) is 0.0622. The van der Waals surface area contributed by atoms with Gasteiger partial charge in [0.2, 0.25) is 0 Å². The van der Waals surface area contributed by atoms with Gasteiger partial charge in [-0.1, -0.05) is 20.8 Å². The molecule has 4 nitrogen and oxygen atoms in total. The van der Waals surface area contributed by atoms with Crippen LogP contribution in [-0.4, -0.2) is 20.4 Å². The Hall–Kier alpha value is -0.590. The lowest BCUT2D eigenvalue weighted by atomic mass is 10.0. The van der Waals surface area contributed by atoms with Gasteiger partial charge >= 0.3 is 0 Å². The summed E-state index contributed by atoms with van der Waals surface area (Å²) < 4.78 is 22.2. The average molecular weight is 310 g/mol. The van der Waals surface area contributed by atoms with Crippen LogP contribution in [-0.2, 0) is 9.05 Å². The van der Waals surface area contributed by atoms with Crippen LogP contribution < -0.4 is 5.32 Å². The molecule has 1 heterocycles. The molecule has 0 spiro atoms. The molecule has 7 heteroatoms. The van der Waals surface area contributed by atoms with Crippen molar-refractivity contribution in [2.24, 2.45) is 5.92 Å². The van der Waals surface area contributed by atoms with Gasteiger partial charge in [0, 0.05) is 22.1 Å². The van der Waals surface area contributed by atoms with Gasteiger partial charge in [-0.3, -0.25) is 4.79 Å². The Kier molecular flexibility index (Phi) is 5.19. The second kappa shape index (κ2) is 6.04. The summed E-state index contributed by atoms with van der Waals surface area (Å²) in [4.78, 5) is 11.9. The number of carbonyl (C=O) groups is 1. The van der Waals surface area contributed by atoms with E-state index in [-0.39, 0.29) is 16.2 Å². The molecule has 0 radical (unpaired) electrons. The molecule has 1 atom stereocenters. The Labute approximate surface area is 116 Å². The summed E-state index contributed by atoms with van der Waals surface area (Å²) in [7, 11) is 1.46. The molecule has 102 valence electrons. The zero-order valence-electron chi connectivity index (χ0n) is 10.4. The van der Waals surface area contributed by atoms with E-state index in [1.54, 1.807) is 0 Å². The van der Waals surface area contributed by atoms with Crippen LogP contribution in [0.1, 0.15) is 37.6 Å². The zero-order valence-corrected chi connectivity index (χ0v) is 12.8. The third kappa shape index (κ3) is 3.96. The number of thiophene rings is 1. The molecule has 0 aromatic carbocycles. The van der Waals surface area contributed by atoms with Gasteiger partial charge in [-0.25, -0.2) is 8.42 Å². The predicted molar refractivity (Wildman–Crippen MR) is 73.7 cm³/mol. The Morgan fingerprint density at radius 1 is 1.50 bits per heavy atom. The molecular weight excluding hydrogens is 294 g/mol. The monoisotopic (exact) mass is 309 g/mol. The second-order valence-electron chi connectivity index (χ2n) is 4.32. The molecule has 0 fully saturated rings. The predicted octanol–water partition coefficient (Wildman–Crippen LogP) is 2.84. The fourth-order valence-electron chi connectivity index (χ4n) is 1.56. The molecule has 1 rings (SSSR count). The molecule has 0 saturated carbocycles. The maximum Gasteiger partial charge on any atom is 0.270 e. The highest BCUT2D eigenvalue weighted by atomic mass is 35.7. The van der Waals surface area contributed by atoms with Crippen molar-refractivity contribution in [2.75, 3.05) is 0 Å². The highest BCUT2D eigenvalue weighted by molar-refractivity contribution is 8.15. The number of nitrogens with one attached hydrogen (secondary N) is 1. The molecule has 1 aromatic heterocycles. The number of hydrogen-bond acceptors (Lipinski definition) is 4. The van der Waals surface area contributed by atoms with E-state index in [0.717, 1.165) is 17.8 Å². The lowest BCUT2D eigenvalue weighted by molar-refractivity contribution is 0.0925. The van der Waals surface area contributed by atoms with Crippen LogP contribution in [0.2, 0.25) is 0 Å². The molecule has 1 unspecified atom stereocenters. The lowest BCUT2D eigenvalue weighted by Crippen LogP contribution is -2.37. The van der Waals surface area contributed by atoms with Crippen molar-refractivity contribution >= 4 is 37.0 Å². The number of carbonyl (C=O) groups excluding carboxylic acids is 1. The quantitative estimate of drug-likeness (QED) is 0.851. The molecule has 0 aliphatic rings. The standard InChI is InChI=1S/C11H16ClNO3S2/c1-4-9(7(2)3)13-11(14)8-5-10(17-6-8)18(12,15)16/h5-7,9H,4H2,1-3H3,(H,13,14). The largest absolute Gasteiger partial charge is 0.349 e. The van der Waals surface area contributed by atoms with Gasteiger partial charge in [0.15, 0.2) is 0 Å². The minimum atomic E-state index is -3.76. The average Bonchev–Trinajstić information content (AvgIpc) is 2.73. The molecule has 0 aliphatic carbocycles. The van der Waals surface area contributed by atoms with Gasteiger partial charge < -0.3 is 5.32 Å².